The van der Waals surface area contributed by atoms with Crippen molar-refractivity contribution in [3.8, 4) is 0 Å². The molecule has 0 unspecified atom stereocenters. The van der Waals surface area contributed by atoms with E-state index in [1.54, 1.807) is 0 Å². The number of fused-ring (bicyclic) bond motifs is 1. The highest BCUT2D eigenvalue weighted by molar-refractivity contribution is 5.93. The summed E-state index contributed by atoms with van der Waals surface area (Å²) in [7, 11) is 0. The first kappa shape index (κ1) is 14.1. The van der Waals surface area contributed by atoms with E-state index in [0.717, 1.165) is 13.0 Å². The molecule has 0 aliphatic carbocycles. The van der Waals surface area contributed by atoms with Crippen LogP contribution in [0.5, 0.6) is 0 Å². The summed E-state index contributed by atoms with van der Waals surface area (Å²) < 4.78 is 2.85. The average molecular weight is 295 g/mol. The third-order valence-electron chi connectivity index (χ3n) is 3.61. The molecule has 22 heavy (non-hydrogen) atoms. The molecule has 1 amide bonds. The number of benzene rings is 1. The lowest BCUT2D eigenvalue weighted by molar-refractivity contribution is -0.605. The number of nitrogens with one attached hydrogen (secondary N) is 1. The summed E-state index contributed by atoms with van der Waals surface area (Å²) in [6.45, 7) is 1.45. The SMILES string of the molecule is O=C(NCCCn1ccc2ccccc21)c1cc[n+]([O-])cc1. The molecule has 0 saturated carbocycles. The van der Waals surface area contributed by atoms with Crippen LogP contribution in [0.1, 0.15) is 16.8 Å². The molecule has 0 radical (unpaired) electrons. The molecule has 5 heteroatoms. The van der Waals surface area contributed by atoms with Gasteiger partial charge < -0.3 is 15.1 Å². The Morgan fingerprint density at radius 3 is 2.73 bits per heavy atom. The highest BCUT2D eigenvalue weighted by atomic mass is 16.5. The zero-order valence-electron chi connectivity index (χ0n) is 12.1. The highest BCUT2D eigenvalue weighted by Gasteiger charge is 2.06. The Morgan fingerprint density at radius 2 is 1.91 bits per heavy atom. The molecule has 3 aromatic rings. The summed E-state index contributed by atoms with van der Waals surface area (Å²) in [6.07, 6.45) is 5.55. The summed E-state index contributed by atoms with van der Waals surface area (Å²) in [5.41, 5.74) is 1.70. The molecule has 3 rings (SSSR count). The molecule has 0 saturated heterocycles. The number of amides is 1. The Labute approximate surface area is 128 Å². The van der Waals surface area contributed by atoms with E-state index < -0.39 is 0 Å². The monoisotopic (exact) mass is 295 g/mol. The molecule has 0 aliphatic rings. The van der Waals surface area contributed by atoms with Crippen LogP contribution in [-0.2, 0) is 6.54 Å². The van der Waals surface area contributed by atoms with Crippen LogP contribution in [0.15, 0.2) is 61.1 Å². The molecular formula is C17H17N3O2. The first-order chi connectivity index (χ1) is 10.7. The number of aryl methyl sites for hydroxylation is 1. The summed E-state index contributed by atoms with van der Waals surface area (Å²) in [6, 6.07) is 13.4. The third kappa shape index (κ3) is 3.09. The van der Waals surface area contributed by atoms with Crippen molar-refractivity contribution in [2.24, 2.45) is 0 Å². The largest absolute Gasteiger partial charge is 0.619 e. The number of aromatic nitrogens is 2. The molecule has 112 valence electrons. The van der Waals surface area contributed by atoms with Crippen molar-refractivity contribution in [1.82, 2.24) is 9.88 Å². The quantitative estimate of drug-likeness (QED) is 0.445. The van der Waals surface area contributed by atoms with Crippen molar-refractivity contribution >= 4 is 16.8 Å². The second kappa shape index (κ2) is 6.30. The van der Waals surface area contributed by atoms with Crippen molar-refractivity contribution in [2.75, 3.05) is 6.54 Å². The van der Waals surface area contributed by atoms with Crippen LogP contribution in [-0.4, -0.2) is 17.0 Å². The van der Waals surface area contributed by atoms with E-state index in [0.29, 0.717) is 16.8 Å². The van der Waals surface area contributed by atoms with Crippen LogP contribution in [0.4, 0.5) is 0 Å². The molecule has 1 N–H and O–H groups in total. The Kier molecular flexibility index (Phi) is 4.05. The number of carbonyl (C=O) groups excluding carboxylic acids is 1. The van der Waals surface area contributed by atoms with Crippen LogP contribution in [0.3, 0.4) is 0 Å². The molecular weight excluding hydrogens is 278 g/mol. The maximum atomic E-state index is 11.9. The van der Waals surface area contributed by atoms with Crippen molar-refractivity contribution in [2.45, 2.75) is 13.0 Å². The number of para-hydroxylation sites is 1. The molecule has 0 atom stereocenters. The fourth-order valence-corrected chi connectivity index (χ4v) is 2.45. The van der Waals surface area contributed by atoms with Crippen LogP contribution in [0.2, 0.25) is 0 Å². The number of nitrogens with zero attached hydrogens (tertiary/aromatic N) is 2. The van der Waals surface area contributed by atoms with Crippen LogP contribution < -0.4 is 10.0 Å². The van der Waals surface area contributed by atoms with E-state index in [9.17, 15) is 10.0 Å². The lowest BCUT2D eigenvalue weighted by Gasteiger charge is -2.07. The number of carbonyl (C=O) groups is 1. The van der Waals surface area contributed by atoms with Crippen LogP contribution in [0.25, 0.3) is 10.9 Å². The lowest BCUT2D eigenvalue weighted by Crippen LogP contribution is -2.28. The van der Waals surface area contributed by atoms with Crippen LogP contribution in [0, 0.1) is 5.21 Å². The molecule has 5 nitrogen and oxygen atoms in total. The Bertz CT molecular complexity index is 778. The first-order valence-electron chi connectivity index (χ1n) is 7.25. The Hall–Kier alpha value is -2.82. The van der Waals surface area contributed by atoms with Gasteiger partial charge in [0.25, 0.3) is 5.91 Å². The fraction of sp³-hybridized carbons (Fsp3) is 0.176. The second-order valence-electron chi connectivity index (χ2n) is 5.12. The molecule has 0 bridgehead atoms. The van der Waals surface area contributed by atoms with Gasteiger partial charge in [-0.25, -0.2) is 0 Å². The van der Waals surface area contributed by atoms with Gasteiger partial charge in [0, 0.05) is 36.9 Å². The van der Waals surface area contributed by atoms with E-state index in [1.165, 1.54) is 35.4 Å². The highest BCUT2D eigenvalue weighted by Crippen LogP contribution is 2.15. The summed E-state index contributed by atoms with van der Waals surface area (Å²) >= 11 is 0. The molecule has 2 heterocycles. The maximum Gasteiger partial charge on any atom is 0.251 e. The second-order valence-corrected chi connectivity index (χ2v) is 5.12. The minimum atomic E-state index is -0.155. The predicted octanol–water partition coefficient (Wildman–Crippen LogP) is 2.09. The van der Waals surface area contributed by atoms with Gasteiger partial charge >= 0.3 is 0 Å². The van der Waals surface area contributed by atoms with Gasteiger partial charge in [-0.05, 0) is 23.9 Å². The van der Waals surface area contributed by atoms with E-state index in [1.807, 2.05) is 12.1 Å². The zero-order chi connectivity index (χ0) is 15.4. The van der Waals surface area contributed by atoms with E-state index >= 15 is 0 Å². The fourth-order valence-electron chi connectivity index (χ4n) is 2.45. The molecule has 2 aromatic heterocycles. The molecule has 0 fully saturated rings. The summed E-state index contributed by atoms with van der Waals surface area (Å²) in [5.74, 6) is -0.155. The van der Waals surface area contributed by atoms with E-state index in [2.05, 4.69) is 34.3 Å². The van der Waals surface area contributed by atoms with Gasteiger partial charge in [-0.2, -0.15) is 4.73 Å². The zero-order valence-corrected chi connectivity index (χ0v) is 12.1. The first-order valence-corrected chi connectivity index (χ1v) is 7.25. The van der Waals surface area contributed by atoms with Gasteiger partial charge in [-0.3, -0.25) is 4.79 Å². The van der Waals surface area contributed by atoms with Gasteiger partial charge in [0.15, 0.2) is 12.4 Å². The maximum absolute atomic E-state index is 11.9. The van der Waals surface area contributed by atoms with E-state index in [4.69, 9.17) is 0 Å². The summed E-state index contributed by atoms with van der Waals surface area (Å²) in [4.78, 5) is 11.9. The number of pyridine rings is 1. The van der Waals surface area contributed by atoms with Gasteiger partial charge in [0.05, 0.1) is 5.56 Å². The Balaban J connectivity index is 1.51. The molecule has 0 spiro atoms. The van der Waals surface area contributed by atoms with Crippen molar-refractivity contribution in [3.05, 3.63) is 71.8 Å². The van der Waals surface area contributed by atoms with Crippen molar-refractivity contribution in [1.29, 1.82) is 0 Å². The molecule has 0 aliphatic heterocycles. The van der Waals surface area contributed by atoms with Gasteiger partial charge in [0.2, 0.25) is 0 Å². The average Bonchev–Trinajstić information content (AvgIpc) is 2.95. The topological polar surface area (TPSA) is 61.0 Å². The number of hydrogen-bond donors (Lipinski definition) is 1. The van der Waals surface area contributed by atoms with Gasteiger partial charge in [0.1, 0.15) is 0 Å². The van der Waals surface area contributed by atoms with Gasteiger partial charge in [-0.15, -0.1) is 0 Å². The lowest BCUT2D eigenvalue weighted by atomic mass is 10.2. The minimum absolute atomic E-state index is 0.155. The standard InChI is InChI=1S/C17H17N3O2/c21-17(15-7-12-20(22)13-8-15)18-9-3-10-19-11-6-14-4-1-2-5-16(14)19/h1-2,4-8,11-13H,3,9-10H2,(H,18,21). The Morgan fingerprint density at radius 1 is 1.14 bits per heavy atom. The third-order valence-corrected chi connectivity index (χ3v) is 3.61. The number of hydrogen-bond acceptors (Lipinski definition) is 2. The van der Waals surface area contributed by atoms with Crippen molar-refractivity contribution < 1.29 is 9.52 Å². The van der Waals surface area contributed by atoms with Crippen molar-refractivity contribution in [3.63, 3.8) is 0 Å². The van der Waals surface area contributed by atoms with E-state index in [-0.39, 0.29) is 5.91 Å². The smallest absolute Gasteiger partial charge is 0.251 e. The molecule has 1 aromatic carbocycles. The minimum Gasteiger partial charge on any atom is -0.619 e. The van der Waals surface area contributed by atoms with Crippen LogP contribution >= 0.6 is 0 Å². The van der Waals surface area contributed by atoms with Gasteiger partial charge in [-0.1, -0.05) is 18.2 Å². The number of rotatable bonds is 5. The normalized spacial score (nSPS) is 10.7. The predicted molar refractivity (Wildman–Crippen MR) is 84.3 cm³/mol. The summed E-state index contributed by atoms with van der Waals surface area (Å²) in [5, 5.41) is 15.0.